The molecule has 0 radical (unpaired) electrons. The molecular weight excluding hydrogens is 506 g/mol. The number of carbonyl (C=O) groups is 2. The normalized spacial score (nSPS) is 12.0. The highest BCUT2D eigenvalue weighted by Gasteiger charge is 2.21. The van der Waals surface area contributed by atoms with Crippen LogP contribution in [0.4, 0.5) is 0 Å². The lowest BCUT2D eigenvalue weighted by Crippen LogP contribution is -2.30. The molecule has 0 fully saturated rings. The minimum absolute atomic E-state index is 0.0904. The molecule has 36 heavy (non-hydrogen) atoms. The van der Waals surface area contributed by atoms with Gasteiger partial charge in [-0.05, 0) is 24.6 Å². The maximum Gasteiger partial charge on any atom is 0.294 e. The third-order valence-electron chi connectivity index (χ3n) is 6.00. The zero-order valence-corrected chi connectivity index (χ0v) is 22.8. The molecule has 9 nitrogen and oxygen atoms in total. The van der Waals surface area contributed by atoms with Gasteiger partial charge in [0.1, 0.15) is 0 Å². The average molecular weight is 548 g/mol. The first-order valence-electron chi connectivity index (χ1n) is 12.9. The summed E-state index contributed by atoms with van der Waals surface area (Å²) in [7, 11) is -9.70. The van der Waals surface area contributed by atoms with Crippen LogP contribution in [-0.2, 0) is 25.0 Å². The lowest BCUT2D eigenvalue weighted by molar-refractivity contribution is -0.120. The third-order valence-corrected chi connectivity index (χ3v) is 7.66. The van der Waals surface area contributed by atoms with E-state index in [2.05, 4.69) is 12.2 Å². The standard InChI is InChI=1S/C25H41NO8S2/c1-2-3-4-5-6-7-8-9-10-11-12-13-14-15-16-17-24(27)26-25(28)21-18-22(35(29,30)31)20-23(19-21)36(32,33)34/h18-20H,2-17H2,1H3,(H,26,27,28)(H,29,30,31)(H,32,33,34). The van der Waals surface area contributed by atoms with Gasteiger partial charge in [-0.25, -0.2) is 0 Å². The van der Waals surface area contributed by atoms with Crippen LogP contribution in [0.3, 0.4) is 0 Å². The molecule has 1 aromatic carbocycles. The summed E-state index contributed by atoms with van der Waals surface area (Å²) in [6.45, 7) is 2.23. The summed E-state index contributed by atoms with van der Waals surface area (Å²) in [5.74, 6) is -1.61. The van der Waals surface area contributed by atoms with Gasteiger partial charge in [-0.3, -0.25) is 24.0 Å². The van der Waals surface area contributed by atoms with E-state index in [-0.39, 0.29) is 6.42 Å². The Bertz CT molecular complexity index is 986. The Morgan fingerprint density at radius 3 is 1.36 bits per heavy atom. The van der Waals surface area contributed by atoms with Gasteiger partial charge in [-0.2, -0.15) is 16.8 Å². The van der Waals surface area contributed by atoms with E-state index in [9.17, 15) is 26.4 Å². The molecule has 0 aromatic heterocycles. The maximum atomic E-state index is 12.3. The second-order valence-corrected chi connectivity index (χ2v) is 12.1. The molecule has 2 amide bonds. The fourth-order valence-corrected chi connectivity index (χ4v) is 5.10. The average Bonchev–Trinajstić information content (AvgIpc) is 2.80. The molecule has 0 bridgehead atoms. The highest BCUT2D eigenvalue weighted by molar-refractivity contribution is 7.86. The Labute approximate surface area is 215 Å². The number of benzene rings is 1. The van der Waals surface area contributed by atoms with Gasteiger partial charge >= 0.3 is 0 Å². The SMILES string of the molecule is CCCCCCCCCCCCCCCCCC(=O)NC(=O)c1cc(S(=O)(=O)O)cc(S(=O)(=O)O)c1. The second-order valence-electron chi connectivity index (χ2n) is 9.22. The molecule has 11 heteroatoms. The largest absolute Gasteiger partial charge is 0.294 e. The van der Waals surface area contributed by atoms with Gasteiger partial charge in [0.05, 0.1) is 9.79 Å². The van der Waals surface area contributed by atoms with Crippen LogP contribution in [0.1, 0.15) is 120 Å². The zero-order chi connectivity index (χ0) is 27.0. The Balaban J connectivity index is 2.25. The molecule has 0 aliphatic carbocycles. The summed E-state index contributed by atoms with van der Waals surface area (Å²) >= 11 is 0. The van der Waals surface area contributed by atoms with Gasteiger partial charge in [0.2, 0.25) is 5.91 Å². The van der Waals surface area contributed by atoms with E-state index < -0.39 is 47.4 Å². The Kier molecular flexibility index (Phi) is 15.1. The van der Waals surface area contributed by atoms with Gasteiger partial charge < -0.3 is 0 Å². The molecule has 0 saturated heterocycles. The second kappa shape index (κ2) is 16.8. The van der Waals surface area contributed by atoms with Crippen LogP contribution >= 0.6 is 0 Å². The Morgan fingerprint density at radius 1 is 0.639 bits per heavy atom. The smallest absolute Gasteiger partial charge is 0.292 e. The maximum absolute atomic E-state index is 12.3. The molecule has 0 atom stereocenters. The highest BCUT2D eigenvalue weighted by atomic mass is 32.2. The summed E-state index contributed by atoms with van der Waals surface area (Å²) in [6.07, 6.45) is 17.9. The number of hydrogen-bond acceptors (Lipinski definition) is 6. The fourth-order valence-electron chi connectivity index (χ4n) is 3.92. The first-order chi connectivity index (χ1) is 16.9. The van der Waals surface area contributed by atoms with E-state index in [1.807, 2.05) is 0 Å². The van der Waals surface area contributed by atoms with E-state index in [1.165, 1.54) is 70.6 Å². The summed E-state index contributed by atoms with van der Waals surface area (Å²) in [6, 6.07) is 1.96. The van der Waals surface area contributed by atoms with E-state index in [0.29, 0.717) is 12.5 Å². The van der Waals surface area contributed by atoms with Gasteiger partial charge in [0.15, 0.2) is 0 Å². The Morgan fingerprint density at radius 2 is 1.00 bits per heavy atom. The quantitative estimate of drug-likeness (QED) is 0.147. The van der Waals surface area contributed by atoms with Gasteiger partial charge in [0.25, 0.3) is 26.1 Å². The van der Waals surface area contributed by atoms with Gasteiger partial charge in [-0.1, -0.05) is 96.8 Å². The summed E-state index contributed by atoms with van der Waals surface area (Å²) in [5.41, 5.74) is -0.498. The Hall–Kier alpha value is -1.82. The molecule has 0 aliphatic heterocycles. The predicted molar refractivity (Wildman–Crippen MR) is 138 cm³/mol. The van der Waals surface area contributed by atoms with Crippen LogP contribution in [0.5, 0.6) is 0 Å². The molecule has 1 rings (SSSR count). The lowest BCUT2D eigenvalue weighted by atomic mass is 10.0. The van der Waals surface area contributed by atoms with Crippen molar-refractivity contribution in [3.8, 4) is 0 Å². The number of rotatable bonds is 19. The molecule has 0 spiro atoms. The highest BCUT2D eigenvalue weighted by Crippen LogP contribution is 2.19. The molecule has 1 aromatic rings. The number of unbranched alkanes of at least 4 members (excludes halogenated alkanes) is 14. The van der Waals surface area contributed by atoms with Crippen LogP contribution in [0.25, 0.3) is 0 Å². The van der Waals surface area contributed by atoms with E-state index in [4.69, 9.17) is 9.11 Å². The van der Waals surface area contributed by atoms with Crippen molar-refractivity contribution in [3.05, 3.63) is 23.8 Å². The van der Waals surface area contributed by atoms with Crippen molar-refractivity contribution in [1.82, 2.24) is 5.32 Å². The van der Waals surface area contributed by atoms with Crippen molar-refractivity contribution in [1.29, 1.82) is 0 Å². The van der Waals surface area contributed by atoms with Crippen molar-refractivity contribution in [2.24, 2.45) is 0 Å². The number of hydrogen-bond donors (Lipinski definition) is 3. The van der Waals surface area contributed by atoms with Crippen LogP contribution in [0.2, 0.25) is 0 Å². The lowest BCUT2D eigenvalue weighted by Gasteiger charge is -2.08. The van der Waals surface area contributed by atoms with Crippen molar-refractivity contribution in [2.75, 3.05) is 0 Å². The molecular formula is C25H41NO8S2. The number of amides is 2. The topological polar surface area (TPSA) is 155 Å². The molecule has 0 unspecified atom stereocenters. The van der Waals surface area contributed by atoms with Crippen molar-refractivity contribution < 1.29 is 35.5 Å². The van der Waals surface area contributed by atoms with Gasteiger partial charge in [0, 0.05) is 12.0 Å². The number of carbonyl (C=O) groups excluding carboxylic acids is 2. The van der Waals surface area contributed by atoms with Crippen LogP contribution in [0, 0.1) is 0 Å². The fraction of sp³-hybridized carbons (Fsp3) is 0.680. The van der Waals surface area contributed by atoms with Crippen LogP contribution in [-0.4, -0.2) is 37.8 Å². The third kappa shape index (κ3) is 14.1. The molecule has 0 aliphatic rings. The zero-order valence-electron chi connectivity index (χ0n) is 21.2. The van der Waals surface area contributed by atoms with E-state index >= 15 is 0 Å². The van der Waals surface area contributed by atoms with Crippen LogP contribution in [0.15, 0.2) is 28.0 Å². The van der Waals surface area contributed by atoms with E-state index in [1.54, 1.807) is 0 Å². The van der Waals surface area contributed by atoms with Crippen molar-refractivity contribution in [2.45, 2.75) is 119 Å². The molecule has 206 valence electrons. The predicted octanol–water partition coefficient (Wildman–Crippen LogP) is 5.70. The number of nitrogens with one attached hydrogen (secondary N) is 1. The van der Waals surface area contributed by atoms with Crippen LogP contribution < -0.4 is 5.32 Å². The number of imide groups is 1. The van der Waals surface area contributed by atoms with Gasteiger partial charge in [-0.15, -0.1) is 0 Å². The first kappa shape index (κ1) is 32.2. The van der Waals surface area contributed by atoms with Crippen molar-refractivity contribution >= 4 is 32.1 Å². The molecule has 0 heterocycles. The monoisotopic (exact) mass is 547 g/mol. The summed E-state index contributed by atoms with van der Waals surface area (Å²) in [4.78, 5) is 22.6. The summed E-state index contributed by atoms with van der Waals surface area (Å²) < 4.78 is 63.8. The van der Waals surface area contributed by atoms with E-state index in [0.717, 1.165) is 31.4 Å². The minimum Gasteiger partial charge on any atom is -0.292 e. The summed E-state index contributed by atoms with van der Waals surface area (Å²) in [5, 5.41) is 2.07. The first-order valence-corrected chi connectivity index (χ1v) is 15.8. The molecule has 3 N–H and O–H groups in total. The molecule has 0 saturated carbocycles. The van der Waals surface area contributed by atoms with Crippen molar-refractivity contribution in [3.63, 3.8) is 0 Å². The minimum atomic E-state index is -4.85.